The Balaban J connectivity index is 1.78. The second kappa shape index (κ2) is 6.48. The van der Waals surface area contributed by atoms with Crippen LogP contribution in [-0.2, 0) is 12.8 Å². The van der Waals surface area contributed by atoms with Gasteiger partial charge in [-0.05, 0) is 37.0 Å². The number of aliphatic hydroxyl groups excluding tert-OH is 1. The fourth-order valence-electron chi connectivity index (χ4n) is 3.06. The molecule has 136 valence electrons. The number of hydrogen-bond acceptors (Lipinski definition) is 6. The van der Waals surface area contributed by atoms with Gasteiger partial charge < -0.3 is 10.4 Å². The second-order valence-electron chi connectivity index (χ2n) is 6.11. The van der Waals surface area contributed by atoms with Crippen LogP contribution >= 0.6 is 11.3 Å². The lowest BCUT2D eigenvalue weighted by Gasteiger charge is -2.16. The number of halogens is 3. The van der Waals surface area contributed by atoms with Gasteiger partial charge in [0.1, 0.15) is 10.6 Å². The molecular formula is C17H15F3N4OS. The first-order chi connectivity index (χ1) is 12.4. The van der Waals surface area contributed by atoms with E-state index in [-0.39, 0.29) is 0 Å². The molecule has 0 radical (unpaired) electrons. The highest BCUT2D eigenvalue weighted by atomic mass is 32.1. The Morgan fingerprint density at radius 2 is 2.12 bits per heavy atom. The molecule has 0 fully saturated rings. The number of hydrogen-bond donors (Lipinski definition) is 2. The number of nitrogens with zero attached hydrogens (tertiary/aromatic N) is 3. The topological polar surface area (TPSA) is 70.9 Å². The average molecular weight is 380 g/mol. The molecule has 0 amide bonds. The van der Waals surface area contributed by atoms with Crippen molar-refractivity contribution >= 4 is 27.4 Å². The van der Waals surface area contributed by atoms with E-state index in [0.717, 1.165) is 35.0 Å². The quantitative estimate of drug-likeness (QED) is 0.724. The van der Waals surface area contributed by atoms with Crippen LogP contribution in [0.5, 0.6) is 0 Å². The van der Waals surface area contributed by atoms with Crippen LogP contribution in [0.1, 0.15) is 16.9 Å². The molecule has 0 saturated heterocycles. The normalized spacial score (nSPS) is 15.2. The standard InChI is InChI=1S/C17H15F3N4OS/c18-17(19,20)12(25)8-22-15-13-10-4-1-5-11(10)26-16(13)24-14(23-15)9-3-2-6-21-7-9/h2-3,6-7,12,25H,1,4-5,8H2,(H,22,23,24)/t12-/m0/s1. The highest BCUT2D eigenvalue weighted by Gasteiger charge is 2.38. The van der Waals surface area contributed by atoms with Crippen LogP contribution in [-0.4, -0.2) is 38.9 Å². The maximum Gasteiger partial charge on any atom is 0.416 e. The van der Waals surface area contributed by atoms with Gasteiger partial charge in [-0.25, -0.2) is 9.97 Å². The maximum atomic E-state index is 12.6. The van der Waals surface area contributed by atoms with E-state index in [4.69, 9.17) is 0 Å². The number of nitrogens with one attached hydrogen (secondary N) is 1. The molecule has 2 N–H and O–H groups in total. The zero-order chi connectivity index (χ0) is 18.3. The third-order valence-electron chi connectivity index (χ3n) is 4.33. The van der Waals surface area contributed by atoms with Crippen LogP contribution in [0, 0.1) is 0 Å². The minimum atomic E-state index is -4.68. The van der Waals surface area contributed by atoms with Crippen molar-refractivity contribution in [2.24, 2.45) is 0 Å². The Hall–Kier alpha value is -2.26. The summed E-state index contributed by atoms with van der Waals surface area (Å²) in [6, 6.07) is 3.54. The van der Waals surface area contributed by atoms with Gasteiger partial charge in [0.15, 0.2) is 11.9 Å². The number of thiophene rings is 1. The molecule has 4 rings (SSSR count). The van der Waals surface area contributed by atoms with Crippen LogP contribution < -0.4 is 5.32 Å². The van der Waals surface area contributed by atoms with Crippen molar-refractivity contribution in [1.82, 2.24) is 15.0 Å². The summed E-state index contributed by atoms with van der Waals surface area (Å²) in [5.74, 6) is 0.728. The van der Waals surface area contributed by atoms with E-state index in [1.807, 2.05) is 0 Å². The number of rotatable bonds is 4. The molecule has 0 spiro atoms. The van der Waals surface area contributed by atoms with Crippen LogP contribution in [0.25, 0.3) is 21.6 Å². The van der Waals surface area contributed by atoms with E-state index in [1.165, 1.54) is 4.88 Å². The predicted octanol–water partition coefficient (Wildman–Crippen LogP) is 3.58. The Bertz CT molecular complexity index is 943. The molecule has 0 aliphatic heterocycles. The number of anilines is 1. The lowest BCUT2D eigenvalue weighted by atomic mass is 10.1. The van der Waals surface area contributed by atoms with Gasteiger partial charge in [-0.15, -0.1) is 11.3 Å². The Morgan fingerprint density at radius 1 is 1.27 bits per heavy atom. The molecule has 9 heteroatoms. The first kappa shape index (κ1) is 17.2. The summed E-state index contributed by atoms with van der Waals surface area (Å²) >= 11 is 1.55. The van der Waals surface area contributed by atoms with Crippen molar-refractivity contribution < 1.29 is 18.3 Å². The molecule has 3 aromatic rings. The summed E-state index contributed by atoms with van der Waals surface area (Å²) < 4.78 is 37.9. The summed E-state index contributed by atoms with van der Waals surface area (Å²) in [6.45, 7) is -0.660. The first-order valence-electron chi connectivity index (χ1n) is 8.15. The van der Waals surface area contributed by atoms with Crippen molar-refractivity contribution in [3.8, 4) is 11.4 Å². The molecular weight excluding hydrogens is 365 g/mol. The van der Waals surface area contributed by atoms with Crippen molar-refractivity contribution in [3.63, 3.8) is 0 Å². The summed E-state index contributed by atoms with van der Waals surface area (Å²) in [6.07, 6.45) is -1.07. The maximum absolute atomic E-state index is 12.6. The highest BCUT2D eigenvalue weighted by molar-refractivity contribution is 7.19. The number of aliphatic hydroxyl groups is 1. The van der Waals surface area contributed by atoms with Gasteiger partial charge in [0, 0.05) is 22.8 Å². The average Bonchev–Trinajstić information content (AvgIpc) is 3.19. The van der Waals surface area contributed by atoms with Crippen molar-refractivity contribution in [3.05, 3.63) is 35.0 Å². The molecule has 1 aliphatic rings. The van der Waals surface area contributed by atoms with E-state index < -0.39 is 18.8 Å². The fourth-order valence-corrected chi connectivity index (χ4v) is 4.32. The minimum absolute atomic E-state index is 0.330. The van der Waals surface area contributed by atoms with Gasteiger partial charge in [-0.3, -0.25) is 4.98 Å². The van der Waals surface area contributed by atoms with Gasteiger partial charge in [-0.2, -0.15) is 13.2 Å². The predicted molar refractivity (Wildman–Crippen MR) is 93.2 cm³/mol. The molecule has 0 aromatic carbocycles. The van der Waals surface area contributed by atoms with Crippen molar-refractivity contribution in [2.75, 3.05) is 11.9 Å². The number of aromatic nitrogens is 3. The first-order valence-corrected chi connectivity index (χ1v) is 8.96. The van der Waals surface area contributed by atoms with Gasteiger partial charge in [0.25, 0.3) is 0 Å². The third kappa shape index (κ3) is 3.12. The molecule has 0 bridgehead atoms. The van der Waals surface area contributed by atoms with E-state index in [9.17, 15) is 18.3 Å². The van der Waals surface area contributed by atoms with E-state index in [1.54, 1.807) is 35.9 Å². The Kier molecular flexibility index (Phi) is 4.28. The molecule has 0 saturated carbocycles. The molecule has 5 nitrogen and oxygen atoms in total. The van der Waals surface area contributed by atoms with E-state index in [0.29, 0.717) is 17.2 Å². The summed E-state index contributed by atoms with van der Waals surface area (Å²) in [5.41, 5.74) is 1.79. The summed E-state index contributed by atoms with van der Waals surface area (Å²) in [5, 5.41) is 12.8. The largest absolute Gasteiger partial charge is 0.416 e. The number of alkyl halides is 3. The lowest BCUT2D eigenvalue weighted by Crippen LogP contribution is -2.35. The van der Waals surface area contributed by atoms with Crippen LogP contribution in [0.3, 0.4) is 0 Å². The fraction of sp³-hybridized carbons (Fsp3) is 0.353. The zero-order valence-electron chi connectivity index (χ0n) is 13.5. The smallest absolute Gasteiger partial charge is 0.382 e. The van der Waals surface area contributed by atoms with Gasteiger partial charge in [0.2, 0.25) is 0 Å². The van der Waals surface area contributed by atoms with Crippen molar-refractivity contribution in [2.45, 2.75) is 31.5 Å². The number of aryl methyl sites for hydroxylation is 2. The monoisotopic (exact) mass is 380 g/mol. The number of pyridine rings is 1. The molecule has 0 unspecified atom stereocenters. The molecule has 1 aliphatic carbocycles. The van der Waals surface area contributed by atoms with E-state index >= 15 is 0 Å². The zero-order valence-corrected chi connectivity index (χ0v) is 14.4. The summed E-state index contributed by atoms with van der Waals surface area (Å²) in [4.78, 5) is 15.0. The number of fused-ring (bicyclic) bond motifs is 3. The third-order valence-corrected chi connectivity index (χ3v) is 5.51. The minimum Gasteiger partial charge on any atom is -0.382 e. The molecule has 1 atom stereocenters. The Labute approximate surface area is 150 Å². The highest BCUT2D eigenvalue weighted by Crippen LogP contribution is 2.40. The summed E-state index contributed by atoms with van der Waals surface area (Å²) in [7, 11) is 0. The SMILES string of the molecule is O[C@@H](CNc1nc(-c2cccnc2)nc2sc3c(c12)CCC3)C(F)(F)F. The van der Waals surface area contributed by atoms with Gasteiger partial charge >= 0.3 is 6.18 Å². The van der Waals surface area contributed by atoms with Crippen LogP contribution in [0.2, 0.25) is 0 Å². The van der Waals surface area contributed by atoms with E-state index in [2.05, 4.69) is 20.3 Å². The van der Waals surface area contributed by atoms with Crippen LogP contribution in [0.4, 0.5) is 19.0 Å². The molecule has 3 heterocycles. The molecule has 26 heavy (non-hydrogen) atoms. The molecule has 3 aromatic heterocycles. The van der Waals surface area contributed by atoms with Crippen molar-refractivity contribution in [1.29, 1.82) is 0 Å². The lowest BCUT2D eigenvalue weighted by molar-refractivity contribution is -0.198. The van der Waals surface area contributed by atoms with Gasteiger partial charge in [0.05, 0.1) is 11.9 Å². The van der Waals surface area contributed by atoms with Crippen LogP contribution in [0.15, 0.2) is 24.5 Å². The second-order valence-corrected chi connectivity index (χ2v) is 7.20. The Morgan fingerprint density at radius 3 is 2.85 bits per heavy atom. The van der Waals surface area contributed by atoms with Gasteiger partial charge in [-0.1, -0.05) is 0 Å².